The molecule has 1 aliphatic rings. The molecule has 2 rings (SSSR count). The summed E-state index contributed by atoms with van der Waals surface area (Å²) in [6.45, 7) is 14.7. The van der Waals surface area contributed by atoms with Crippen LogP contribution in [-0.2, 0) is 4.79 Å². The number of rotatable bonds is 8. The predicted molar refractivity (Wildman–Crippen MR) is 127 cm³/mol. The summed E-state index contributed by atoms with van der Waals surface area (Å²) in [6, 6.07) is 7.98. The predicted octanol–water partition coefficient (Wildman–Crippen LogP) is 4.52. The average Bonchev–Trinajstić information content (AvgIpc) is 2.70. The van der Waals surface area contributed by atoms with Crippen LogP contribution in [0.25, 0.3) is 5.70 Å². The number of hydrogen-bond acceptors (Lipinski definition) is 5. The average molecular weight is 407 g/mol. The molecule has 0 atom stereocenters. The molecule has 1 aromatic rings. The molecule has 0 radical (unpaired) electrons. The summed E-state index contributed by atoms with van der Waals surface area (Å²) < 4.78 is 0. The molecule has 0 aliphatic carbocycles. The molecule has 0 aromatic heterocycles. The highest BCUT2D eigenvalue weighted by molar-refractivity contribution is 5.83. The van der Waals surface area contributed by atoms with E-state index in [0.29, 0.717) is 25.1 Å². The van der Waals surface area contributed by atoms with Gasteiger partial charge in [-0.05, 0) is 25.0 Å². The van der Waals surface area contributed by atoms with Crippen molar-refractivity contribution in [3.8, 4) is 0 Å². The van der Waals surface area contributed by atoms with Gasteiger partial charge in [-0.25, -0.2) is 5.84 Å². The Bertz CT molecular complexity index is 919. The first-order valence-electron chi connectivity index (χ1n) is 10.3. The van der Waals surface area contributed by atoms with Crippen LogP contribution in [0, 0.1) is 5.92 Å². The van der Waals surface area contributed by atoms with Gasteiger partial charge in [-0.15, -0.1) is 0 Å². The van der Waals surface area contributed by atoms with Gasteiger partial charge in [0.05, 0.1) is 17.1 Å². The van der Waals surface area contributed by atoms with Crippen molar-refractivity contribution in [3.63, 3.8) is 0 Å². The highest BCUT2D eigenvalue weighted by atomic mass is 16.1. The van der Waals surface area contributed by atoms with Crippen LogP contribution in [0.4, 0.5) is 5.69 Å². The van der Waals surface area contributed by atoms with Crippen LogP contribution in [0.5, 0.6) is 0 Å². The minimum atomic E-state index is 0.0163. The summed E-state index contributed by atoms with van der Waals surface area (Å²) in [4.78, 5) is 14.3. The maximum atomic E-state index is 12.2. The van der Waals surface area contributed by atoms with Gasteiger partial charge in [0.2, 0.25) is 0 Å². The molecule has 0 saturated carbocycles. The zero-order valence-corrected chi connectivity index (χ0v) is 18.6. The van der Waals surface area contributed by atoms with Crippen molar-refractivity contribution in [2.24, 2.45) is 17.5 Å². The van der Waals surface area contributed by atoms with Crippen molar-refractivity contribution < 1.29 is 4.79 Å². The van der Waals surface area contributed by atoms with Crippen LogP contribution >= 0.6 is 0 Å². The molecule has 1 aliphatic heterocycles. The molecule has 0 amide bonds. The lowest BCUT2D eigenvalue weighted by molar-refractivity contribution is -0.121. The molecular weight excluding hydrogens is 372 g/mol. The smallest absolute Gasteiger partial charge is 0.135 e. The number of ketones is 1. The molecule has 160 valence electrons. The van der Waals surface area contributed by atoms with Gasteiger partial charge in [-0.2, -0.15) is 0 Å². The second-order valence-electron chi connectivity index (χ2n) is 7.81. The van der Waals surface area contributed by atoms with Crippen molar-refractivity contribution in [2.75, 3.05) is 18.5 Å². The molecule has 5 nitrogen and oxygen atoms in total. The normalized spacial score (nSPS) is 19.5. The molecule has 0 spiro atoms. The highest BCUT2D eigenvalue weighted by Crippen LogP contribution is 2.37. The van der Waals surface area contributed by atoms with Gasteiger partial charge in [0, 0.05) is 42.8 Å². The van der Waals surface area contributed by atoms with Crippen molar-refractivity contribution in [1.82, 2.24) is 5.01 Å². The Hall–Kier alpha value is -3.05. The molecule has 5 heteroatoms. The first-order chi connectivity index (χ1) is 14.2. The molecule has 0 fully saturated rings. The Morgan fingerprint density at radius 3 is 2.53 bits per heavy atom. The Labute approximate surface area is 180 Å². The van der Waals surface area contributed by atoms with Gasteiger partial charge in [-0.3, -0.25) is 4.79 Å². The summed E-state index contributed by atoms with van der Waals surface area (Å²) in [6.07, 6.45) is 6.80. The van der Waals surface area contributed by atoms with Gasteiger partial charge < -0.3 is 15.6 Å². The maximum Gasteiger partial charge on any atom is 0.135 e. The van der Waals surface area contributed by atoms with E-state index in [2.05, 4.69) is 18.1 Å². The second kappa shape index (κ2) is 10.1. The SMILES string of the molecule is C=C/C1=C(\C=C/C)C(/N)=C(/N(C)N)c2ccccc2N(C(=C)CCC(=O)C(C)C)C1. The fourth-order valence-electron chi connectivity index (χ4n) is 3.59. The van der Waals surface area contributed by atoms with E-state index in [9.17, 15) is 4.79 Å². The summed E-state index contributed by atoms with van der Waals surface area (Å²) in [7, 11) is 1.78. The third-order valence-corrected chi connectivity index (χ3v) is 5.29. The van der Waals surface area contributed by atoms with Crippen molar-refractivity contribution in [1.29, 1.82) is 0 Å². The van der Waals surface area contributed by atoms with E-state index in [-0.39, 0.29) is 11.7 Å². The fourth-order valence-corrected chi connectivity index (χ4v) is 3.59. The molecule has 30 heavy (non-hydrogen) atoms. The topological polar surface area (TPSA) is 75.6 Å². The van der Waals surface area contributed by atoms with E-state index in [1.807, 2.05) is 63.3 Å². The van der Waals surface area contributed by atoms with Gasteiger partial charge in [0.15, 0.2) is 0 Å². The summed E-state index contributed by atoms with van der Waals surface area (Å²) in [5.74, 6) is 6.48. The van der Waals surface area contributed by atoms with Crippen LogP contribution in [0.1, 0.15) is 39.2 Å². The van der Waals surface area contributed by atoms with E-state index < -0.39 is 0 Å². The standard InChI is InChI=1S/C25H34N4O/c1-7-11-20-19(8-2)16-29(18(5)14-15-23(30)17(3)4)22-13-10-9-12-21(22)25(24(20)26)28(6)27/h7-13,17H,2,5,14-16,26-27H2,1,3-4,6H3/b11-7-,20-19-,25-24-. The van der Waals surface area contributed by atoms with E-state index in [4.69, 9.17) is 11.6 Å². The lowest BCUT2D eigenvalue weighted by Crippen LogP contribution is -2.33. The lowest BCUT2D eigenvalue weighted by Gasteiger charge is -2.34. The van der Waals surface area contributed by atoms with Gasteiger partial charge in [0.25, 0.3) is 0 Å². The van der Waals surface area contributed by atoms with Crippen molar-refractivity contribution >= 4 is 17.2 Å². The molecule has 0 bridgehead atoms. The quantitative estimate of drug-likeness (QED) is 0.490. The van der Waals surface area contributed by atoms with Gasteiger partial charge in [0.1, 0.15) is 5.78 Å². The zero-order valence-electron chi connectivity index (χ0n) is 18.6. The van der Waals surface area contributed by atoms with E-state index in [0.717, 1.165) is 33.8 Å². The van der Waals surface area contributed by atoms with Crippen molar-refractivity contribution in [2.45, 2.75) is 33.6 Å². The number of carbonyl (C=O) groups excluding carboxylic acids is 1. The number of Topliss-reactive ketones (excluding diaryl/α,β-unsaturated/α-hetero) is 1. The first kappa shape index (κ1) is 23.2. The van der Waals surface area contributed by atoms with Crippen LogP contribution in [0.3, 0.4) is 0 Å². The molecule has 4 N–H and O–H groups in total. The summed E-state index contributed by atoms with van der Waals surface area (Å²) in [5.41, 5.74) is 12.5. The van der Waals surface area contributed by atoms with Gasteiger partial charge in [-0.1, -0.05) is 63.4 Å². The van der Waals surface area contributed by atoms with E-state index in [1.165, 1.54) is 0 Å². The number of allylic oxidation sites excluding steroid dienone is 3. The monoisotopic (exact) mass is 406 g/mol. The van der Waals surface area contributed by atoms with Crippen LogP contribution in [0.15, 0.2) is 78.2 Å². The highest BCUT2D eigenvalue weighted by Gasteiger charge is 2.25. The number of anilines is 1. The number of carbonyl (C=O) groups is 1. The van der Waals surface area contributed by atoms with Crippen LogP contribution in [-0.4, -0.2) is 24.4 Å². The number of para-hydroxylation sites is 1. The number of nitrogens with two attached hydrogens (primary N) is 2. The zero-order chi connectivity index (χ0) is 22.4. The first-order valence-corrected chi connectivity index (χ1v) is 10.3. The Morgan fingerprint density at radius 1 is 1.30 bits per heavy atom. The van der Waals surface area contributed by atoms with E-state index >= 15 is 0 Å². The lowest BCUT2D eigenvalue weighted by atomic mass is 9.94. The third-order valence-electron chi connectivity index (χ3n) is 5.29. The minimum absolute atomic E-state index is 0.0163. The second-order valence-corrected chi connectivity index (χ2v) is 7.81. The molecular formula is C25H34N4O. The Kier molecular flexibility index (Phi) is 7.84. The fraction of sp³-hybridized carbons (Fsp3) is 0.320. The number of benzene rings is 1. The third kappa shape index (κ3) is 4.92. The number of hydrogen-bond donors (Lipinski definition) is 2. The molecule has 0 saturated heterocycles. The Balaban J connectivity index is 2.67. The van der Waals surface area contributed by atoms with E-state index in [1.54, 1.807) is 12.1 Å². The van der Waals surface area contributed by atoms with Crippen LogP contribution in [0.2, 0.25) is 0 Å². The van der Waals surface area contributed by atoms with Crippen LogP contribution < -0.4 is 16.5 Å². The van der Waals surface area contributed by atoms with Crippen molar-refractivity contribution in [3.05, 3.63) is 83.8 Å². The molecule has 1 heterocycles. The Morgan fingerprint density at radius 2 is 1.97 bits per heavy atom. The minimum Gasteiger partial charge on any atom is -0.396 e. The summed E-state index contributed by atoms with van der Waals surface area (Å²) >= 11 is 0. The van der Waals surface area contributed by atoms with Gasteiger partial charge >= 0.3 is 0 Å². The number of fused-ring (bicyclic) bond motifs is 1. The number of hydrazine groups is 1. The maximum absolute atomic E-state index is 12.2. The number of nitrogens with zero attached hydrogens (tertiary/aromatic N) is 2. The molecule has 0 unspecified atom stereocenters. The largest absolute Gasteiger partial charge is 0.396 e. The molecule has 1 aromatic carbocycles. The summed E-state index contributed by atoms with van der Waals surface area (Å²) in [5, 5.41) is 1.55.